The van der Waals surface area contributed by atoms with Gasteiger partial charge >= 0.3 is 0 Å². The van der Waals surface area contributed by atoms with Crippen LogP contribution >= 0.6 is 0 Å². The van der Waals surface area contributed by atoms with Gasteiger partial charge in [0.1, 0.15) is 0 Å². The first-order chi connectivity index (χ1) is 11.4. The summed E-state index contributed by atoms with van der Waals surface area (Å²) in [6.45, 7) is 5.19. The van der Waals surface area contributed by atoms with Gasteiger partial charge in [-0.1, -0.05) is 0 Å². The van der Waals surface area contributed by atoms with Crippen molar-refractivity contribution in [2.75, 3.05) is 14.2 Å². The number of benzene rings is 1. The molecule has 25 heavy (non-hydrogen) atoms. The maximum Gasteiger partial charge on any atom is 0.194 e. The van der Waals surface area contributed by atoms with Crippen LogP contribution in [0.15, 0.2) is 24.4 Å². The Morgan fingerprint density at radius 2 is 1.76 bits per heavy atom. The summed E-state index contributed by atoms with van der Waals surface area (Å²) in [5.41, 5.74) is 2.33. The molecular formula is C18H25IrN2O4-. The Balaban J connectivity index is 0.000000620. The van der Waals surface area contributed by atoms with Crippen LogP contribution in [0.2, 0.25) is 0 Å². The minimum absolute atomic E-state index is 0. The van der Waals surface area contributed by atoms with Crippen LogP contribution in [0, 0.1) is 13.0 Å². The summed E-state index contributed by atoms with van der Waals surface area (Å²) in [5, 5.41) is 17.1. The Hall–Kier alpha value is -1.53. The summed E-state index contributed by atoms with van der Waals surface area (Å²) in [6, 6.07) is 8.58. The molecule has 2 atom stereocenters. The molecule has 0 fully saturated rings. The Morgan fingerprint density at radius 1 is 1.12 bits per heavy atom. The topological polar surface area (TPSA) is 84.7 Å². The molecule has 2 aromatic rings. The molecule has 0 saturated heterocycles. The van der Waals surface area contributed by atoms with Gasteiger partial charge in [0.15, 0.2) is 5.88 Å². The summed E-state index contributed by atoms with van der Waals surface area (Å²) < 4.78 is 10.3. The van der Waals surface area contributed by atoms with Crippen LogP contribution in [0.25, 0.3) is 11.3 Å². The molecule has 1 radical (unpaired) electrons. The van der Waals surface area contributed by atoms with Crippen molar-refractivity contribution in [3.8, 4) is 22.9 Å². The molecule has 2 N–H and O–H groups in total. The smallest absolute Gasteiger partial charge is 0.194 e. The predicted molar refractivity (Wildman–Crippen MR) is 92.1 cm³/mol. The van der Waals surface area contributed by atoms with Gasteiger partial charge in [0, 0.05) is 37.7 Å². The second-order valence-corrected chi connectivity index (χ2v) is 5.45. The monoisotopic (exact) mass is 526 g/mol. The van der Waals surface area contributed by atoms with Gasteiger partial charge in [-0.2, -0.15) is 0 Å². The van der Waals surface area contributed by atoms with Crippen LogP contribution in [0.1, 0.15) is 26.0 Å². The van der Waals surface area contributed by atoms with Crippen molar-refractivity contribution in [2.24, 2.45) is 0 Å². The van der Waals surface area contributed by atoms with Gasteiger partial charge in [-0.25, -0.2) is 4.98 Å². The molecule has 0 bridgehead atoms. The van der Waals surface area contributed by atoms with E-state index in [4.69, 9.17) is 19.7 Å². The fraction of sp³-hybridized carbons (Fsp3) is 0.444. The van der Waals surface area contributed by atoms with Gasteiger partial charge in [-0.15, -0.1) is 29.8 Å². The number of rotatable bonds is 5. The Bertz CT molecular complexity index is 613. The van der Waals surface area contributed by atoms with Crippen LogP contribution in [-0.4, -0.2) is 46.6 Å². The first kappa shape index (κ1) is 23.5. The van der Waals surface area contributed by atoms with E-state index >= 15 is 0 Å². The fourth-order valence-electron chi connectivity index (χ4n) is 1.96. The van der Waals surface area contributed by atoms with Crippen molar-refractivity contribution in [3.63, 3.8) is 0 Å². The normalized spacial score (nSPS) is 12.1. The standard InChI is InChI=1S/C13H13N2O2.C5H12O2.Ir/c1-9-8-14-12(13(15-9)17-3)10-4-6-11(16-2)7-5-10;1-4(6)3-5(2)7;/h4,6-8H,1-3H3;4-7H,3H2,1-2H3;/q-1;;. The van der Waals surface area contributed by atoms with E-state index in [2.05, 4.69) is 16.0 Å². The van der Waals surface area contributed by atoms with Crippen LogP contribution < -0.4 is 9.47 Å². The maximum absolute atomic E-state index is 8.56. The van der Waals surface area contributed by atoms with Gasteiger partial charge in [-0.05, 0) is 27.2 Å². The van der Waals surface area contributed by atoms with Gasteiger partial charge in [0.2, 0.25) is 0 Å². The SMILES string of the molecule is CC(O)CC(C)O.COc1c[c-]c(-c2ncc(C)nc2OC)cc1.[Ir]. The average molecular weight is 526 g/mol. The summed E-state index contributed by atoms with van der Waals surface area (Å²) in [4.78, 5) is 8.59. The largest absolute Gasteiger partial charge is 0.540 e. The van der Waals surface area contributed by atoms with E-state index < -0.39 is 0 Å². The molecule has 0 saturated carbocycles. The molecule has 0 aliphatic carbocycles. The number of hydrogen-bond donors (Lipinski definition) is 2. The van der Waals surface area contributed by atoms with Crippen molar-refractivity contribution in [3.05, 3.63) is 36.2 Å². The number of aliphatic hydroxyl groups excluding tert-OH is 2. The summed E-state index contributed by atoms with van der Waals surface area (Å²) >= 11 is 0. The van der Waals surface area contributed by atoms with Crippen molar-refractivity contribution in [1.29, 1.82) is 0 Å². The molecule has 0 amide bonds. The second kappa shape index (κ2) is 11.9. The number of aryl methyl sites for hydroxylation is 1. The van der Waals surface area contributed by atoms with Gasteiger partial charge in [0.25, 0.3) is 0 Å². The average Bonchev–Trinajstić information content (AvgIpc) is 2.54. The number of ether oxygens (including phenoxy) is 2. The molecule has 0 aliphatic heterocycles. The molecule has 6 nitrogen and oxygen atoms in total. The zero-order valence-corrected chi connectivity index (χ0v) is 17.5. The minimum atomic E-state index is -0.375. The number of hydrogen-bond acceptors (Lipinski definition) is 6. The zero-order valence-electron chi connectivity index (χ0n) is 15.1. The first-order valence-electron chi connectivity index (χ1n) is 7.67. The van der Waals surface area contributed by atoms with Gasteiger partial charge in [-0.3, -0.25) is 4.98 Å². The third kappa shape index (κ3) is 8.40. The van der Waals surface area contributed by atoms with Crippen LogP contribution in [0.4, 0.5) is 0 Å². The van der Waals surface area contributed by atoms with E-state index in [0.717, 1.165) is 17.0 Å². The van der Waals surface area contributed by atoms with Crippen LogP contribution in [0.5, 0.6) is 11.6 Å². The second-order valence-electron chi connectivity index (χ2n) is 5.45. The molecule has 1 heterocycles. The van der Waals surface area contributed by atoms with E-state index in [9.17, 15) is 0 Å². The molecule has 1 aromatic heterocycles. The molecule has 2 rings (SSSR count). The first-order valence-corrected chi connectivity index (χ1v) is 7.67. The van der Waals surface area contributed by atoms with Crippen molar-refractivity contribution >= 4 is 0 Å². The van der Waals surface area contributed by atoms with Gasteiger partial charge < -0.3 is 19.7 Å². The summed E-state index contributed by atoms with van der Waals surface area (Å²) in [6.07, 6.45) is 1.43. The molecule has 7 heteroatoms. The summed E-state index contributed by atoms with van der Waals surface area (Å²) in [7, 11) is 3.20. The molecule has 0 aliphatic rings. The van der Waals surface area contributed by atoms with E-state index in [-0.39, 0.29) is 32.3 Å². The maximum atomic E-state index is 8.56. The Labute approximate surface area is 162 Å². The number of aliphatic hydroxyl groups is 2. The third-order valence-electron chi connectivity index (χ3n) is 3.01. The van der Waals surface area contributed by atoms with Crippen molar-refractivity contribution in [2.45, 2.75) is 39.4 Å². The van der Waals surface area contributed by atoms with E-state index in [1.54, 1.807) is 40.3 Å². The zero-order chi connectivity index (χ0) is 18.1. The van der Waals surface area contributed by atoms with Gasteiger partial charge in [0.05, 0.1) is 32.1 Å². The van der Waals surface area contributed by atoms with Crippen LogP contribution in [0.3, 0.4) is 0 Å². The van der Waals surface area contributed by atoms with E-state index in [0.29, 0.717) is 18.0 Å². The third-order valence-corrected chi connectivity index (χ3v) is 3.01. The number of aromatic nitrogens is 2. The number of nitrogens with zero attached hydrogens (tertiary/aromatic N) is 2. The fourth-order valence-corrected chi connectivity index (χ4v) is 1.96. The molecule has 0 spiro atoms. The Kier molecular flexibility index (Phi) is 11.2. The van der Waals surface area contributed by atoms with E-state index in [1.807, 2.05) is 19.1 Å². The summed E-state index contributed by atoms with van der Waals surface area (Å²) in [5.74, 6) is 1.26. The minimum Gasteiger partial charge on any atom is -0.540 e. The predicted octanol–water partition coefficient (Wildman–Crippen LogP) is 2.41. The van der Waals surface area contributed by atoms with E-state index in [1.165, 1.54) is 0 Å². The van der Waals surface area contributed by atoms with Crippen LogP contribution in [-0.2, 0) is 20.1 Å². The number of methoxy groups -OCH3 is 2. The molecule has 141 valence electrons. The van der Waals surface area contributed by atoms with Crippen molar-refractivity contribution < 1.29 is 39.8 Å². The Morgan fingerprint density at radius 3 is 2.16 bits per heavy atom. The molecule has 2 unspecified atom stereocenters. The quantitative estimate of drug-likeness (QED) is 0.584. The molecule has 1 aromatic carbocycles. The van der Waals surface area contributed by atoms with Crippen molar-refractivity contribution in [1.82, 2.24) is 9.97 Å². The molecular weight excluding hydrogens is 500 g/mol.